The molecule has 0 radical (unpaired) electrons. The number of esters is 1. The van der Waals surface area contributed by atoms with Crippen LogP contribution in [0.1, 0.15) is 33.1 Å². The first-order valence-corrected chi connectivity index (χ1v) is 7.01. The Morgan fingerprint density at radius 3 is 2.63 bits per heavy atom. The van der Waals surface area contributed by atoms with Crippen molar-refractivity contribution < 1.29 is 14.3 Å². The molecule has 1 aliphatic heterocycles. The highest BCUT2D eigenvalue weighted by Crippen LogP contribution is 2.32. The molecule has 110 valence electrons. The molecule has 1 saturated heterocycles. The number of hydrogen-bond donors (Lipinski definition) is 1. The zero-order chi connectivity index (χ0) is 14.5. The van der Waals surface area contributed by atoms with Crippen LogP contribution in [0.5, 0.6) is 0 Å². The number of carbonyl (C=O) groups excluding carboxylic acids is 2. The van der Waals surface area contributed by atoms with Gasteiger partial charge in [0.05, 0.1) is 18.4 Å². The molecule has 1 heterocycles. The van der Waals surface area contributed by atoms with Gasteiger partial charge < -0.3 is 15.0 Å². The minimum Gasteiger partial charge on any atom is -0.469 e. The topological polar surface area (TPSA) is 58.6 Å². The fraction of sp³-hybridized carbons (Fsp3) is 0.857. The van der Waals surface area contributed by atoms with Crippen molar-refractivity contribution in [3.63, 3.8) is 0 Å². The molecule has 0 aromatic carbocycles. The maximum Gasteiger partial charge on any atom is 0.310 e. The molecule has 1 fully saturated rings. The Morgan fingerprint density at radius 2 is 2.16 bits per heavy atom. The zero-order valence-electron chi connectivity index (χ0n) is 12.5. The number of nitrogens with zero attached hydrogens (tertiary/aromatic N) is 1. The van der Waals surface area contributed by atoms with Gasteiger partial charge in [-0.1, -0.05) is 13.8 Å². The first-order valence-electron chi connectivity index (χ1n) is 7.01. The van der Waals surface area contributed by atoms with Crippen molar-refractivity contribution in [2.24, 2.45) is 11.3 Å². The van der Waals surface area contributed by atoms with Crippen molar-refractivity contribution in [2.75, 3.05) is 33.8 Å². The fourth-order valence-electron chi connectivity index (χ4n) is 2.78. The Bertz CT molecular complexity index is 325. The van der Waals surface area contributed by atoms with Crippen molar-refractivity contribution in [3.05, 3.63) is 0 Å². The second-order valence-electron chi connectivity index (χ2n) is 5.52. The summed E-state index contributed by atoms with van der Waals surface area (Å²) in [5.74, 6) is -0.422. The summed E-state index contributed by atoms with van der Waals surface area (Å²) in [7, 11) is 3.15. The summed E-state index contributed by atoms with van der Waals surface area (Å²) < 4.78 is 4.70. The Hall–Kier alpha value is -1.10. The molecule has 0 aliphatic carbocycles. The zero-order valence-corrected chi connectivity index (χ0v) is 12.5. The van der Waals surface area contributed by atoms with Gasteiger partial charge in [-0.05, 0) is 25.8 Å². The summed E-state index contributed by atoms with van der Waals surface area (Å²) in [6.07, 6.45) is 2.78. The number of ether oxygens (including phenoxy) is 1. The van der Waals surface area contributed by atoms with Gasteiger partial charge in [0, 0.05) is 20.1 Å². The molecular formula is C14H26N2O3. The molecule has 1 rings (SSSR count). The molecular weight excluding hydrogens is 244 g/mol. The van der Waals surface area contributed by atoms with Gasteiger partial charge in [0.1, 0.15) is 0 Å². The lowest BCUT2D eigenvalue weighted by atomic mass is 9.77. The lowest BCUT2D eigenvalue weighted by Crippen LogP contribution is -2.51. The van der Waals surface area contributed by atoms with Crippen LogP contribution in [-0.2, 0) is 14.3 Å². The molecule has 0 aromatic heterocycles. The van der Waals surface area contributed by atoms with Gasteiger partial charge >= 0.3 is 5.97 Å². The van der Waals surface area contributed by atoms with E-state index in [0.29, 0.717) is 6.54 Å². The van der Waals surface area contributed by atoms with Crippen molar-refractivity contribution in [2.45, 2.75) is 33.1 Å². The van der Waals surface area contributed by atoms with Crippen molar-refractivity contribution >= 4 is 11.9 Å². The van der Waals surface area contributed by atoms with E-state index in [0.717, 1.165) is 32.4 Å². The van der Waals surface area contributed by atoms with E-state index in [9.17, 15) is 9.59 Å². The normalized spacial score (nSPS) is 24.6. The molecule has 0 spiro atoms. The number of nitrogens with one attached hydrogen (secondary N) is 1. The van der Waals surface area contributed by atoms with E-state index in [2.05, 4.69) is 12.2 Å². The van der Waals surface area contributed by atoms with Gasteiger partial charge in [-0.3, -0.25) is 9.59 Å². The van der Waals surface area contributed by atoms with Crippen LogP contribution in [0.15, 0.2) is 0 Å². The first-order chi connectivity index (χ1) is 8.96. The lowest BCUT2D eigenvalue weighted by Gasteiger charge is -2.38. The van der Waals surface area contributed by atoms with E-state index in [-0.39, 0.29) is 23.2 Å². The van der Waals surface area contributed by atoms with Crippen molar-refractivity contribution in [1.29, 1.82) is 0 Å². The van der Waals surface area contributed by atoms with Crippen LogP contribution in [0, 0.1) is 11.3 Å². The second-order valence-corrected chi connectivity index (χ2v) is 5.52. The van der Waals surface area contributed by atoms with Gasteiger partial charge in [-0.2, -0.15) is 0 Å². The van der Waals surface area contributed by atoms with Gasteiger partial charge in [-0.25, -0.2) is 0 Å². The minimum atomic E-state index is -0.303. The molecule has 2 atom stereocenters. The largest absolute Gasteiger partial charge is 0.469 e. The Morgan fingerprint density at radius 1 is 1.47 bits per heavy atom. The van der Waals surface area contributed by atoms with Gasteiger partial charge in [0.25, 0.3) is 0 Å². The van der Waals surface area contributed by atoms with E-state index in [1.54, 1.807) is 18.9 Å². The standard InChI is InChI=1S/C14H26N2O3/c1-5-14(7-6-8-15-10-14)13(18)16(3)9-11(2)12(17)19-4/h11,15H,5-10H2,1-4H3. The summed E-state index contributed by atoms with van der Waals surface area (Å²) >= 11 is 0. The summed E-state index contributed by atoms with van der Waals surface area (Å²) in [6.45, 7) is 5.97. The molecule has 5 nitrogen and oxygen atoms in total. The smallest absolute Gasteiger partial charge is 0.310 e. The number of hydrogen-bond acceptors (Lipinski definition) is 4. The van der Waals surface area contributed by atoms with Crippen LogP contribution in [0.3, 0.4) is 0 Å². The van der Waals surface area contributed by atoms with Crippen molar-refractivity contribution in [1.82, 2.24) is 10.2 Å². The third-order valence-electron chi connectivity index (χ3n) is 4.10. The predicted molar refractivity (Wildman–Crippen MR) is 73.6 cm³/mol. The third-order valence-corrected chi connectivity index (χ3v) is 4.10. The van der Waals surface area contributed by atoms with Gasteiger partial charge in [0.15, 0.2) is 0 Å². The van der Waals surface area contributed by atoms with E-state index in [4.69, 9.17) is 4.74 Å². The van der Waals surface area contributed by atoms with Crippen LogP contribution in [0.4, 0.5) is 0 Å². The SMILES string of the molecule is CCC1(C(=O)N(C)CC(C)C(=O)OC)CCCNC1. The number of piperidine rings is 1. The number of amides is 1. The summed E-state index contributed by atoms with van der Waals surface area (Å²) in [4.78, 5) is 25.7. The number of methoxy groups -OCH3 is 1. The third kappa shape index (κ3) is 3.69. The maximum atomic E-state index is 12.6. The monoisotopic (exact) mass is 270 g/mol. The molecule has 5 heteroatoms. The highest BCUT2D eigenvalue weighted by atomic mass is 16.5. The first kappa shape index (κ1) is 16.0. The Kier molecular flexibility index (Phi) is 5.79. The van der Waals surface area contributed by atoms with Crippen LogP contribution < -0.4 is 5.32 Å². The Balaban J connectivity index is 2.66. The average molecular weight is 270 g/mol. The summed E-state index contributed by atoms with van der Waals surface area (Å²) in [5.41, 5.74) is -0.303. The molecule has 0 bridgehead atoms. The highest BCUT2D eigenvalue weighted by Gasteiger charge is 2.40. The van der Waals surface area contributed by atoms with Crippen LogP contribution in [0.2, 0.25) is 0 Å². The van der Waals surface area contributed by atoms with E-state index in [1.165, 1.54) is 7.11 Å². The lowest BCUT2D eigenvalue weighted by molar-refractivity contribution is -0.148. The Labute approximate surface area is 115 Å². The van der Waals surface area contributed by atoms with Crippen LogP contribution >= 0.6 is 0 Å². The molecule has 19 heavy (non-hydrogen) atoms. The molecule has 0 aromatic rings. The minimum absolute atomic E-state index is 0.137. The summed E-state index contributed by atoms with van der Waals surface area (Å²) in [5, 5.41) is 3.31. The molecule has 1 aliphatic rings. The number of rotatable bonds is 5. The molecule has 2 unspecified atom stereocenters. The number of carbonyl (C=O) groups is 2. The van der Waals surface area contributed by atoms with Crippen LogP contribution in [-0.4, -0.2) is 50.6 Å². The van der Waals surface area contributed by atoms with Gasteiger partial charge in [0.2, 0.25) is 5.91 Å². The predicted octanol–water partition coefficient (Wildman–Crippen LogP) is 1.03. The van der Waals surface area contributed by atoms with E-state index >= 15 is 0 Å². The van der Waals surface area contributed by atoms with Crippen molar-refractivity contribution in [3.8, 4) is 0 Å². The van der Waals surface area contributed by atoms with Gasteiger partial charge in [-0.15, -0.1) is 0 Å². The van der Waals surface area contributed by atoms with E-state index < -0.39 is 0 Å². The molecule has 0 saturated carbocycles. The fourth-order valence-corrected chi connectivity index (χ4v) is 2.78. The quantitative estimate of drug-likeness (QED) is 0.758. The maximum absolute atomic E-state index is 12.6. The summed E-state index contributed by atoms with van der Waals surface area (Å²) in [6, 6.07) is 0. The average Bonchev–Trinajstić information content (AvgIpc) is 2.45. The second kappa shape index (κ2) is 6.89. The molecule has 1 amide bonds. The molecule has 1 N–H and O–H groups in total. The highest BCUT2D eigenvalue weighted by molar-refractivity contribution is 5.83. The van der Waals surface area contributed by atoms with Crippen LogP contribution in [0.25, 0.3) is 0 Å². The van der Waals surface area contributed by atoms with E-state index in [1.807, 2.05) is 0 Å².